The molecule has 0 bridgehead atoms. The number of halogens is 1. The summed E-state index contributed by atoms with van der Waals surface area (Å²) in [6, 6.07) is 6.45. The molecule has 1 aromatic carbocycles. The SMILES string of the molecule is CCN(CCO)c1ncnc2c1c(C)nn2-c1ccccc1F. The lowest BCUT2D eigenvalue weighted by Gasteiger charge is -2.21. The quantitative estimate of drug-likeness (QED) is 0.781. The summed E-state index contributed by atoms with van der Waals surface area (Å²) in [6.45, 7) is 5.02. The molecular weight excluding hydrogens is 297 g/mol. The second-order valence-corrected chi connectivity index (χ2v) is 5.15. The minimum Gasteiger partial charge on any atom is -0.395 e. The van der Waals surface area contributed by atoms with Crippen LogP contribution in [0, 0.1) is 12.7 Å². The van der Waals surface area contributed by atoms with Gasteiger partial charge in [0.2, 0.25) is 0 Å². The molecule has 2 aromatic heterocycles. The molecule has 0 fully saturated rings. The number of likely N-dealkylation sites (N-methyl/N-ethyl adjacent to an activating group) is 1. The number of aryl methyl sites for hydroxylation is 1. The summed E-state index contributed by atoms with van der Waals surface area (Å²) in [5, 5.41) is 14.4. The molecule has 0 amide bonds. The lowest BCUT2D eigenvalue weighted by Crippen LogP contribution is -2.27. The Bertz CT molecular complexity index is 832. The molecule has 0 aliphatic heterocycles. The maximum Gasteiger partial charge on any atom is 0.168 e. The molecule has 120 valence electrons. The first-order chi connectivity index (χ1) is 11.2. The maximum atomic E-state index is 14.1. The number of fused-ring (bicyclic) bond motifs is 1. The van der Waals surface area contributed by atoms with E-state index in [1.807, 2.05) is 18.7 Å². The second kappa shape index (κ2) is 6.29. The molecule has 7 heteroatoms. The molecular formula is C16H18FN5O. The lowest BCUT2D eigenvalue weighted by molar-refractivity contribution is 0.302. The van der Waals surface area contributed by atoms with E-state index in [4.69, 9.17) is 0 Å². The van der Waals surface area contributed by atoms with Gasteiger partial charge in [-0.3, -0.25) is 0 Å². The fourth-order valence-corrected chi connectivity index (χ4v) is 2.66. The van der Waals surface area contributed by atoms with Gasteiger partial charge in [0.05, 0.1) is 17.7 Å². The third-order valence-electron chi connectivity index (χ3n) is 3.75. The summed E-state index contributed by atoms with van der Waals surface area (Å²) in [5.74, 6) is 0.339. The van der Waals surface area contributed by atoms with Crippen molar-refractivity contribution in [2.45, 2.75) is 13.8 Å². The Labute approximate surface area is 133 Å². The van der Waals surface area contributed by atoms with E-state index in [2.05, 4.69) is 15.1 Å². The Kier molecular flexibility index (Phi) is 4.20. The molecule has 0 aliphatic rings. The van der Waals surface area contributed by atoms with E-state index in [1.165, 1.54) is 17.1 Å². The Morgan fingerprint density at radius 2 is 2.04 bits per heavy atom. The van der Waals surface area contributed by atoms with Gasteiger partial charge >= 0.3 is 0 Å². The molecule has 6 nitrogen and oxygen atoms in total. The van der Waals surface area contributed by atoms with Crippen molar-refractivity contribution in [1.82, 2.24) is 19.7 Å². The Morgan fingerprint density at radius 3 is 2.74 bits per heavy atom. The van der Waals surface area contributed by atoms with Gasteiger partial charge in [0, 0.05) is 13.1 Å². The number of rotatable bonds is 5. The molecule has 3 aromatic rings. The fraction of sp³-hybridized carbons (Fsp3) is 0.312. The Balaban J connectivity index is 2.23. The molecule has 23 heavy (non-hydrogen) atoms. The first-order valence-corrected chi connectivity index (χ1v) is 7.48. The molecule has 0 aliphatic carbocycles. The number of aliphatic hydroxyl groups is 1. The average molecular weight is 315 g/mol. The average Bonchev–Trinajstić information content (AvgIpc) is 2.90. The summed E-state index contributed by atoms with van der Waals surface area (Å²) in [7, 11) is 0. The monoisotopic (exact) mass is 315 g/mol. The van der Waals surface area contributed by atoms with Gasteiger partial charge in [0.15, 0.2) is 5.65 Å². The Morgan fingerprint density at radius 1 is 1.26 bits per heavy atom. The van der Waals surface area contributed by atoms with Crippen molar-refractivity contribution < 1.29 is 9.50 Å². The number of aliphatic hydroxyl groups excluding tert-OH is 1. The van der Waals surface area contributed by atoms with Crippen molar-refractivity contribution in [3.05, 3.63) is 42.1 Å². The van der Waals surface area contributed by atoms with Crippen LogP contribution in [0.15, 0.2) is 30.6 Å². The minimum atomic E-state index is -0.361. The predicted octanol–water partition coefficient (Wildman–Crippen LogP) is 2.08. The van der Waals surface area contributed by atoms with Crippen LogP contribution < -0.4 is 4.90 Å². The highest BCUT2D eigenvalue weighted by Crippen LogP contribution is 2.28. The van der Waals surface area contributed by atoms with Gasteiger partial charge in [-0.15, -0.1) is 0 Å². The third kappa shape index (κ3) is 2.63. The number of aromatic nitrogens is 4. The number of hydrogen-bond acceptors (Lipinski definition) is 5. The largest absolute Gasteiger partial charge is 0.395 e. The van der Waals surface area contributed by atoms with E-state index < -0.39 is 0 Å². The van der Waals surface area contributed by atoms with Crippen LogP contribution in [0.3, 0.4) is 0 Å². The maximum absolute atomic E-state index is 14.1. The number of hydrogen-bond donors (Lipinski definition) is 1. The van der Waals surface area contributed by atoms with Crippen LogP contribution in [-0.4, -0.2) is 44.6 Å². The molecule has 0 saturated heterocycles. The summed E-state index contributed by atoms with van der Waals surface area (Å²) in [4.78, 5) is 10.6. The van der Waals surface area contributed by atoms with Gasteiger partial charge in [-0.05, 0) is 26.0 Å². The van der Waals surface area contributed by atoms with Crippen LogP contribution in [0.2, 0.25) is 0 Å². The van der Waals surface area contributed by atoms with Gasteiger partial charge in [0.25, 0.3) is 0 Å². The lowest BCUT2D eigenvalue weighted by atomic mass is 10.2. The molecule has 0 unspecified atom stereocenters. The molecule has 1 N–H and O–H groups in total. The van der Waals surface area contributed by atoms with Crippen LogP contribution in [0.1, 0.15) is 12.6 Å². The molecule has 0 radical (unpaired) electrons. The van der Waals surface area contributed by atoms with E-state index in [1.54, 1.807) is 18.2 Å². The van der Waals surface area contributed by atoms with Crippen molar-refractivity contribution in [3.8, 4) is 5.69 Å². The highest BCUT2D eigenvalue weighted by Gasteiger charge is 2.19. The summed E-state index contributed by atoms with van der Waals surface area (Å²) < 4.78 is 15.6. The van der Waals surface area contributed by atoms with E-state index in [9.17, 15) is 9.50 Å². The third-order valence-corrected chi connectivity index (χ3v) is 3.75. The number of benzene rings is 1. The summed E-state index contributed by atoms with van der Waals surface area (Å²) in [5.41, 5.74) is 1.62. The Hall–Kier alpha value is -2.54. The minimum absolute atomic E-state index is 0.0276. The van der Waals surface area contributed by atoms with Crippen molar-refractivity contribution in [1.29, 1.82) is 0 Å². The molecule has 2 heterocycles. The van der Waals surface area contributed by atoms with Crippen LogP contribution in [-0.2, 0) is 0 Å². The molecule has 0 atom stereocenters. The van der Waals surface area contributed by atoms with E-state index in [0.717, 1.165) is 11.1 Å². The predicted molar refractivity (Wildman–Crippen MR) is 86.3 cm³/mol. The van der Waals surface area contributed by atoms with Crippen molar-refractivity contribution in [2.75, 3.05) is 24.6 Å². The molecule has 0 spiro atoms. The van der Waals surface area contributed by atoms with Gasteiger partial charge in [-0.2, -0.15) is 5.10 Å². The number of nitrogens with zero attached hydrogens (tertiary/aromatic N) is 5. The first kappa shape index (κ1) is 15.4. The summed E-state index contributed by atoms with van der Waals surface area (Å²) >= 11 is 0. The van der Waals surface area contributed by atoms with Crippen molar-refractivity contribution in [3.63, 3.8) is 0 Å². The zero-order valence-electron chi connectivity index (χ0n) is 13.1. The van der Waals surface area contributed by atoms with Gasteiger partial charge in [-0.1, -0.05) is 12.1 Å². The van der Waals surface area contributed by atoms with E-state index >= 15 is 0 Å². The smallest absolute Gasteiger partial charge is 0.168 e. The number of para-hydroxylation sites is 1. The van der Waals surface area contributed by atoms with E-state index in [0.29, 0.717) is 30.2 Å². The molecule has 3 rings (SSSR count). The van der Waals surface area contributed by atoms with Crippen LogP contribution >= 0.6 is 0 Å². The van der Waals surface area contributed by atoms with Crippen LogP contribution in [0.25, 0.3) is 16.7 Å². The standard InChI is InChI=1S/C16H18FN5O/c1-3-21(8-9-23)15-14-11(2)20-22(16(14)19-10-18-15)13-7-5-4-6-12(13)17/h4-7,10,23H,3,8-9H2,1-2H3. The van der Waals surface area contributed by atoms with Gasteiger partial charge in [0.1, 0.15) is 23.6 Å². The van der Waals surface area contributed by atoms with Crippen molar-refractivity contribution in [2.24, 2.45) is 0 Å². The van der Waals surface area contributed by atoms with Gasteiger partial charge < -0.3 is 10.0 Å². The topological polar surface area (TPSA) is 67.1 Å². The van der Waals surface area contributed by atoms with Crippen LogP contribution in [0.4, 0.5) is 10.2 Å². The normalized spacial score (nSPS) is 11.1. The second-order valence-electron chi connectivity index (χ2n) is 5.15. The highest BCUT2D eigenvalue weighted by atomic mass is 19.1. The highest BCUT2D eigenvalue weighted by molar-refractivity contribution is 5.90. The summed E-state index contributed by atoms with van der Waals surface area (Å²) in [6.07, 6.45) is 1.44. The first-order valence-electron chi connectivity index (χ1n) is 7.48. The number of anilines is 1. The zero-order chi connectivity index (χ0) is 16.4. The van der Waals surface area contributed by atoms with Gasteiger partial charge in [-0.25, -0.2) is 19.0 Å². The fourth-order valence-electron chi connectivity index (χ4n) is 2.66. The molecule has 0 saturated carbocycles. The van der Waals surface area contributed by atoms with Crippen LogP contribution in [0.5, 0.6) is 0 Å². The van der Waals surface area contributed by atoms with E-state index in [-0.39, 0.29) is 12.4 Å². The van der Waals surface area contributed by atoms with Crippen molar-refractivity contribution >= 4 is 16.9 Å². The zero-order valence-corrected chi connectivity index (χ0v) is 13.1.